The lowest BCUT2D eigenvalue weighted by Crippen LogP contribution is -2.41. The predicted molar refractivity (Wildman–Crippen MR) is 87.1 cm³/mol. The molecule has 0 heterocycles. The Hall–Kier alpha value is -0.470. The van der Waals surface area contributed by atoms with Gasteiger partial charge < -0.3 is 4.90 Å². The summed E-state index contributed by atoms with van der Waals surface area (Å²) in [6.45, 7) is 3.54. The number of hydrogen-bond donors (Lipinski definition) is 1. The molecule has 1 aliphatic rings. The smallest absolute Gasteiger partial charge is 0.0118 e. The van der Waals surface area contributed by atoms with Gasteiger partial charge in [-0.2, -0.15) is 12.6 Å². The molecular weight excluding hydrogens is 250 g/mol. The molecule has 0 saturated heterocycles. The van der Waals surface area contributed by atoms with E-state index < -0.39 is 0 Å². The second-order valence-electron chi connectivity index (χ2n) is 6.06. The van der Waals surface area contributed by atoms with Crippen LogP contribution in [0.4, 0.5) is 0 Å². The van der Waals surface area contributed by atoms with Gasteiger partial charge in [0.2, 0.25) is 0 Å². The summed E-state index contributed by atoms with van der Waals surface area (Å²) in [6.07, 6.45) is 5.58. The SMILES string of the molecule is CC1CCCCC1N(C)CC(CS)c1ccccc1. The van der Waals surface area contributed by atoms with Crippen molar-refractivity contribution in [3.05, 3.63) is 35.9 Å². The Kier molecular flexibility index (Phi) is 5.77. The van der Waals surface area contributed by atoms with Crippen LogP contribution < -0.4 is 0 Å². The van der Waals surface area contributed by atoms with Crippen LogP contribution in [0.1, 0.15) is 44.1 Å². The number of nitrogens with zero attached hydrogens (tertiary/aromatic N) is 1. The highest BCUT2D eigenvalue weighted by Crippen LogP contribution is 2.29. The van der Waals surface area contributed by atoms with Crippen LogP contribution in [0.3, 0.4) is 0 Å². The van der Waals surface area contributed by atoms with Crippen LogP contribution in [-0.2, 0) is 0 Å². The fourth-order valence-electron chi connectivity index (χ4n) is 3.43. The molecular formula is C17H27NS. The first-order valence-electron chi connectivity index (χ1n) is 7.58. The first kappa shape index (κ1) is 14.9. The van der Waals surface area contributed by atoms with Crippen molar-refractivity contribution in [2.75, 3.05) is 19.3 Å². The maximum absolute atomic E-state index is 4.56. The molecule has 0 aromatic heterocycles. The van der Waals surface area contributed by atoms with Crippen LogP contribution in [-0.4, -0.2) is 30.3 Å². The van der Waals surface area contributed by atoms with Gasteiger partial charge in [-0.05, 0) is 37.1 Å². The van der Waals surface area contributed by atoms with Gasteiger partial charge in [0.25, 0.3) is 0 Å². The predicted octanol–water partition coefficient (Wildman–Crippen LogP) is 4.21. The number of benzene rings is 1. The third kappa shape index (κ3) is 4.00. The van der Waals surface area contributed by atoms with Crippen molar-refractivity contribution in [2.24, 2.45) is 5.92 Å². The van der Waals surface area contributed by atoms with Gasteiger partial charge in [0.1, 0.15) is 0 Å². The normalized spacial score (nSPS) is 25.5. The highest BCUT2D eigenvalue weighted by molar-refractivity contribution is 7.80. The van der Waals surface area contributed by atoms with Gasteiger partial charge in [0.15, 0.2) is 0 Å². The molecule has 0 bridgehead atoms. The Morgan fingerprint density at radius 1 is 1.21 bits per heavy atom. The number of rotatable bonds is 5. The lowest BCUT2D eigenvalue weighted by atomic mass is 9.84. The molecule has 2 rings (SSSR count). The molecule has 0 spiro atoms. The van der Waals surface area contributed by atoms with Gasteiger partial charge in [-0.3, -0.25) is 0 Å². The Bertz CT molecular complexity index is 365. The summed E-state index contributed by atoms with van der Waals surface area (Å²) < 4.78 is 0. The van der Waals surface area contributed by atoms with E-state index in [1.54, 1.807) is 0 Å². The Balaban J connectivity index is 1.98. The van der Waals surface area contributed by atoms with Crippen LogP contribution in [0.25, 0.3) is 0 Å². The minimum Gasteiger partial charge on any atom is -0.303 e. The fraction of sp³-hybridized carbons (Fsp3) is 0.647. The van der Waals surface area contributed by atoms with Crippen molar-refractivity contribution in [2.45, 2.75) is 44.6 Å². The highest BCUT2D eigenvalue weighted by Gasteiger charge is 2.26. The minimum atomic E-state index is 0.545. The van der Waals surface area contributed by atoms with Gasteiger partial charge in [-0.15, -0.1) is 0 Å². The van der Waals surface area contributed by atoms with E-state index in [1.165, 1.54) is 31.2 Å². The van der Waals surface area contributed by atoms with E-state index >= 15 is 0 Å². The van der Waals surface area contributed by atoms with Crippen LogP contribution in [0.5, 0.6) is 0 Å². The largest absolute Gasteiger partial charge is 0.303 e. The Morgan fingerprint density at radius 3 is 2.53 bits per heavy atom. The van der Waals surface area contributed by atoms with Crippen molar-refractivity contribution in [1.82, 2.24) is 4.90 Å². The monoisotopic (exact) mass is 277 g/mol. The van der Waals surface area contributed by atoms with E-state index in [0.717, 1.165) is 24.3 Å². The van der Waals surface area contributed by atoms with Crippen molar-refractivity contribution >= 4 is 12.6 Å². The molecule has 1 saturated carbocycles. The first-order chi connectivity index (χ1) is 9.22. The topological polar surface area (TPSA) is 3.24 Å². The van der Waals surface area contributed by atoms with E-state index in [2.05, 4.69) is 61.8 Å². The summed E-state index contributed by atoms with van der Waals surface area (Å²) >= 11 is 4.56. The summed E-state index contributed by atoms with van der Waals surface area (Å²) in [5.74, 6) is 2.31. The van der Waals surface area contributed by atoms with Crippen molar-refractivity contribution in [3.63, 3.8) is 0 Å². The molecule has 3 unspecified atom stereocenters. The second kappa shape index (κ2) is 7.35. The Labute approximate surface area is 123 Å². The number of thiol groups is 1. The van der Waals surface area contributed by atoms with Crippen LogP contribution in [0.15, 0.2) is 30.3 Å². The number of hydrogen-bond acceptors (Lipinski definition) is 2. The van der Waals surface area contributed by atoms with E-state index in [-0.39, 0.29) is 0 Å². The van der Waals surface area contributed by atoms with E-state index in [0.29, 0.717) is 5.92 Å². The second-order valence-corrected chi connectivity index (χ2v) is 6.42. The standard InChI is InChI=1S/C17H27NS/c1-14-8-6-7-11-17(14)18(2)12-16(13-19)15-9-4-3-5-10-15/h3-5,9-10,14,16-17,19H,6-8,11-13H2,1-2H3. The minimum absolute atomic E-state index is 0.545. The molecule has 106 valence electrons. The lowest BCUT2D eigenvalue weighted by Gasteiger charge is -2.38. The fourth-order valence-corrected chi connectivity index (χ4v) is 3.75. The molecule has 3 atom stereocenters. The quantitative estimate of drug-likeness (QED) is 0.789. The van der Waals surface area contributed by atoms with Crippen LogP contribution in [0, 0.1) is 5.92 Å². The van der Waals surface area contributed by atoms with Crippen LogP contribution in [0.2, 0.25) is 0 Å². The van der Waals surface area contributed by atoms with Gasteiger partial charge >= 0.3 is 0 Å². The molecule has 2 heteroatoms. The summed E-state index contributed by atoms with van der Waals surface area (Å²) in [5, 5.41) is 0. The highest BCUT2D eigenvalue weighted by atomic mass is 32.1. The molecule has 19 heavy (non-hydrogen) atoms. The molecule has 1 aromatic carbocycles. The molecule has 0 amide bonds. The maximum Gasteiger partial charge on any atom is 0.0118 e. The van der Waals surface area contributed by atoms with Gasteiger partial charge in [-0.1, -0.05) is 50.1 Å². The van der Waals surface area contributed by atoms with Crippen LogP contribution >= 0.6 is 12.6 Å². The summed E-state index contributed by atoms with van der Waals surface area (Å²) in [7, 11) is 2.30. The Morgan fingerprint density at radius 2 is 1.89 bits per heavy atom. The zero-order valence-corrected chi connectivity index (χ0v) is 13.2. The van der Waals surface area contributed by atoms with Crippen molar-refractivity contribution in [3.8, 4) is 0 Å². The summed E-state index contributed by atoms with van der Waals surface area (Å²) in [5.41, 5.74) is 1.42. The average Bonchev–Trinajstić information content (AvgIpc) is 2.46. The van der Waals surface area contributed by atoms with E-state index in [9.17, 15) is 0 Å². The molecule has 1 fully saturated rings. The van der Waals surface area contributed by atoms with Gasteiger partial charge in [0, 0.05) is 18.5 Å². The number of likely N-dealkylation sites (N-methyl/N-ethyl adjacent to an activating group) is 1. The molecule has 0 N–H and O–H groups in total. The molecule has 0 aliphatic heterocycles. The lowest BCUT2D eigenvalue weighted by molar-refractivity contribution is 0.135. The van der Waals surface area contributed by atoms with E-state index in [4.69, 9.17) is 0 Å². The summed E-state index contributed by atoms with van der Waals surface area (Å²) in [6, 6.07) is 11.6. The van der Waals surface area contributed by atoms with Crippen molar-refractivity contribution in [1.29, 1.82) is 0 Å². The molecule has 1 nitrogen and oxygen atoms in total. The van der Waals surface area contributed by atoms with E-state index in [1.807, 2.05) is 0 Å². The molecule has 0 radical (unpaired) electrons. The van der Waals surface area contributed by atoms with Crippen molar-refractivity contribution < 1.29 is 0 Å². The first-order valence-corrected chi connectivity index (χ1v) is 8.21. The van der Waals surface area contributed by atoms with Gasteiger partial charge in [-0.25, -0.2) is 0 Å². The maximum atomic E-state index is 4.56. The van der Waals surface area contributed by atoms with Gasteiger partial charge in [0.05, 0.1) is 0 Å². The third-order valence-electron chi connectivity index (χ3n) is 4.63. The average molecular weight is 277 g/mol. The molecule has 1 aromatic rings. The zero-order valence-electron chi connectivity index (χ0n) is 12.3. The summed E-state index contributed by atoms with van der Waals surface area (Å²) in [4.78, 5) is 2.58. The third-order valence-corrected chi connectivity index (χ3v) is 5.07. The zero-order chi connectivity index (χ0) is 13.7. The molecule has 1 aliphatic carbocycles.